The first-order valence-electron chi connectivity index (χ1n) is 5.89. The van der Waals surface area contributed by atoms with E-state index in [2.05, 4.69) is 0 Å². The molecule has 0 N–H and O–H groups in total. The Hall–Kier alpha value is -1.06. The molecular weight excluding hydrogens is 208 g/mol. The van der Waals surface area contributed by atoms with Crippen LogP contribution < -0.4 is 0 Å². The molecule has 1 unspecified atom stereocenters. The SMILES string of the molecule is CCCCC(=O)OC(C(=O)OCC)C(C)C. The second kappa shape index (κ2) is 8.13. The molecule has 0 aromatic carbocycles. The Kier molecular flexibility index (Phi) is 7.60. The lowest BCUT2D eigenvalue weighted by atomic mass is 10.1. The van der Waals surface area contributed by atoms with Gasteiger partial charge in [0.25, 0.3) is 0 Å². The zero-order valence-corrected chi connectivity index (χ0v) is 10.6. The Morgan fingerprint density at radius 3 is 2.25 bits per heavy atom. The van der Waals surface area contributed by atoms with Gasteiger partial charge in [0.2, 0.25) is 6.10 Å². The fourth-order valence-electron chi connectivity index (χ4n) is 1.20. The van der Waals surface area contributed by atoms with E-state index in [0.29, 0.717) is 13.0 Å². The molecule has 4 nitrogen and oxygen atoms in total. The van der Waals surface area contributed by atoms with Gasteiger partial charge in [-0.3, -0.25) is 4.79 Å². The van der Waals surface area contributed by atoms with Crippen molar-refractivity contribution in [2.75, 3.05) is 6.61 Å². The molecular formula is C12H22O4. The molecule has 0 radical (unpaired) electrons. The average molecular weight is 230 g/mol. The Morgan fingerprint density at radius 1 is 1.19 bits per heavy atom. The monoisotopic (exact) mass is 230 g/mol. The number of hydrogen-bond donors (Lipinski definition) is 0. The van der Waals surface area contributed by atoms with Crippen LogP contribution in [-0.2, 0) is 19.1 Å². The first-order valence-corrected chi connectivity index (χ1v) is 5.89. The van der Waals surface area contributed by atoms with E-state index < -0.39 is 12.1 Å². The number of unbranched alkanes of at least 4 members (excludes halogenated alkanes) is 1. The van der Waals surface area contributed by atoms with E-state index in [9.17, 15) is 9.59 Å². The lowest BCUT2D eigenvalue weighted by Gasteiger charge is -2.19. The molecule has 0 rings (SSSR count). The van der Waals surface area contributed by atoms with Crippen molar-refractivity contribution in [1.29, 1.82) is 0 Å². The van der Waals surface area contributed by atoms with Crippen LogP contribution in [0.3, 0.4) is 0 Å². The minimum Gasteiger partial charge on any atom is -0.463 e. The molecule has 0 aromatic rings. The van der Waals surface area contributed by atoms with Gasteiger partial charge in [-0.2, -0.15) is 0 Å². The van der Waals surface area contributed by atoms with Gasteiger partial charge in [-0.25, -0.2) is 4.79 Å². The zero-order chi connectivity index (χ0) is 12.6. The highest BCUT2D eigenvalue weighted by molar-refractivity contribution is 5.79. The second-order valence-corrected chi connectivity index (χ2v) is 4.01. The molecule has 0 amide bonds. The van der Waals surface area contributed by atoms with Gasteiger partial charge in [-0.1, -0.05) is 27.2 Å². The van der Waals surface area contributed by atoms with E-state index in [4.69, 9.17) is 9.47 Å². The van der Waals surface area contributed by atoms with E-state index in [0.717, 1.165) is 12.8 Å². The Balaban J connectivity index is 4.22. The van der Waals surface area contributed by atoms with Crippen LogP contribution in [0.25, 0.3) is 0 Å². The molecule has 0 saturated carbocycles. The predicted molar refractivity (Wildman–Crippen MR) is 60.9 cm³/mol. The summed E-state index contributed by atoms with van der Waals surface area (Å²) >= 11 is 0. The number of ether oxygens (including phenoxy) is 2. The predicted octanol–water partition coefficient (Wildman–Crippen LogP) is 2.31. The highest BCUT2D eigenvalue weighted by Crippen LogP contribution is 2.11. The van der Waals surface area contributed by atoms with Gasteiger partial charge in [0.15, 0.2) is 0 Å². The molecule has 0 fully saturated rings. The minimum atomic E-state index is -0.774. The van der Waals surface area contributed by atoms with E-state index in [1.165, 1.54) is 0 Å². The third-order valence-corrected chi connectivity index (χ3v) is 2.12. The van der Waals surface area contributed by atoms with Gasteiger partial charge >= 0.3 is 11.9 Å². The number of rotatable bonds is 7. The van der Waals surface area contributed by atoms with Crippen molar-refractivity contribution in [1.82, 2.24) is 0 Å². The molecule has 0 bridgehead atoms. The van der Waals surface area contributed by atoms with Gasteiger partial charge in [-0.05, 0) is 13.3 Å². The molecule has 0 saturated heterocycles. The maximum Gasteiger partial charge on any atom is 0.347 e. The van der Waals surface area contributed by atoms with E-state index in [1.807, 2.05) is 20.8 Å². The Morgan fingerprint density at radius 2 is 1.81 bits per heavy atom. The number of esters is 2. The van der Waals surface area contributed by atoms with Crippen LogP contribution >= 0.6 is 0 Å². The Labute approximate surface area is 97.3 Å². The van der Waals surface area contributed by atoms with Crippen molar-refractivity contribution in [3.8, 4) is 0 Å². The minimum absolute atomic E-state index is 0.0652. The smallest absolute Gasteiger partial charge is 0.347 e. The average Bonchev–Trinajstić information content (AvgIpc) is 2.22. The molecule has 0 aliphatic heterocycles. The fourth-order valence-corrected chi connectivity index (χ4v) is 1.20. The molecule has 0 aliphatic rings. The summed E-state index contributed by atoms with van der Waals surface area (Å²) in [6, 6.07) is 0. The van der Waals surface area contributed by atoms with E-state index >= 15 is 0 Å². The van der Waals surface area contributed by atoms with Crippen LogP contribution in [0.15, 0.2) is 0 Å². The standard InChI is InChI=1S/C12H22O4/c1-5-7-8-10(13)16-11(9(3)4)12(14)15-6-2/h9,11H,5-8H2,1-4H3. The second-order valence-electron chi connectivity index (χ2n) is 4.01. The van der Waals surface area contributed by atoms with E-state index in [-0.39, 0.29) is 11.9 Å². The van der Waals surface area contributed by atoms with Crippen LogP contribution in [0.5, 0.6) is 0 Å². The molecule has 0 aromatic heterocycles. The van der Waals surface area contributed by atoms with Crippen LogP contribution in [0.1, 0.15) is 47.0 Å². The third kappa shape index (κ3) is 5.73. The fraction of sp³-hybridized carbons (Fsp3) is 0.833. The summed E-state index contributed by atoms with van der Waals surface area (Å²) in [5.74, 6) is -0.847. The summed E-state index contributed by atoms with van der Waals surface area (Å²) < 4.78 is 9.97. The molecule has 16 heavy (non-hydrogen) atoms. The van der Waals surface area contributed by atoms with Crippen molar-refractivity contribution in [3.63, 3.8) is 0 Å². The summed E-state index contributed by atoms with van der Waals surface area (Å²) in [5.41, 5.74) is 0. The summed E-state index contributed by atoms with van der Waals surface area (Å²) in [6.45, 7) is 7.69. The normalized spacial score (nSPS) is 12.3. The van der Waals surface area contributed by atoms with Crippen molar-refractivity contribution < 1.29 is 19.1 Å². The number of hydrogen-bond acceptors (Lipinski definition) is 4. The first-order chi connectivity index (χ1) is 7.52. The van der Waals surface area contributed by atoms with E-state index in [1.54, 1.807) is 6.92 Å². The lowest BCUT2D eigenvalue weighted by Crippen LogP contribution is -2.33. The topological polar surface area (TPSA) is 52.6 Å². The lowest BCUT2D eigenvalue weighted by molar-refractivity contribution is -0.170. The van der Waals surface area contributed by atoms with Crippen LogP contribution in [-0.4, -0.2) is 24.6 Å². The molecule has 0 aliphatic carbocycles. The summed E-state index contributed by atoms with van der Waals surface area (Å²) in [4.78, 5) is 22.9. The van der Waals surface area contributed by atoms with Gasteiger partial charge in [0.1, 0.15) is 0 Å². The van der Waals surface area contributed by atoms with Gasteiger partial charge < -0.3 is 9.47 Å². The largest absolute Gasteiger partial charge is 0.463 e. The molecule has 4 heteroatoms. The van der Waals surface area contributed by atoms with Crippen LogP contribution in [0, 0.1) is 5.92 Å². The highest BCUT2D eigenvalue weighted by atomic mass is 16.6. The van der Waals surface area contributed by atoms with Gasteiger partial charge in [-0.15, -0.1) is 0 Å². The number of carbonyl (C=O) groups is 2. The molecule has 1 atom stereocenters. The van der Waals surface area contributed by atoms with Crippen molar-refractivity contribution in [2.45, 2.75) is 53.1 Å². The summed E-state index contributed by atoms with van der Waals surface area (Å²) in [5, 5.41) is 0. The Bertz CT molecular complexity index is 223. The van der Waals surface area contributed by atoms with Gasteiger partial charge in [0.05, 0.1) is 6.61 Å². The van der Waals surface area contributed by atoms with Gasteiger partial charge in [0, 0.05) is 12.3 Å². The van der Waals surface area contributed by atoms with Crippen LogP contribution in [0.4, 0.5) is 0 Å². The third-order valence-electron chi connectivity index (χ3n) is 2.12. The van der Waals surface area contributed by atoms with Crippen molar-refractivity contribution >= 4 is 11.9 Å². The van der Waals surface area contributed by atoms with Crippen LogP contribution in [0.2, 0.25) is 0 Å². The maximum atomic E-state index is 11.5. The molecule has 0 spiro atoms. The maximum absolute atomic E-state index is 11.5. The highest BCUT2D eigenvalue weighted by Gasteiger charge is 2.27. The molecule has 0 heterocycles. The van der Waals surface area contributed by atoms with Crippen molar-refractivity contribution in [3.05, 3.63) is 0 Å². The quantitative estimate of drug-likeness (QED) is 0.630. The zero-order valence-electron chi connectivity index (χ0n) is 10.6. The van der Waals surface area contributed by atoms with Crippen molar-refractivity contribution in [2.24, 2.45) is 5.92 Å². The number of carbonyl (C=O) groups excluding carboxylic acids is 2. The summed E-state index contributed by atoms with van der Waals surface area (Å²) in [7, 11) is 0. The first kappa shape index (κ1) is 14.9. The molecule has 94 valence electrons. The summed E-state index contributed by atoms with van der Waals surface area (Å²) in [6.07, 6.45) is 1.30.